The molecule has 1 heterocycles. The summed E-state index contributed by atoms with van der Waals surface area (Å²) in [5, 5.41) is 2.90. The van der Waals surface area contributed by atoms with E-state index in [1.165, 1.54) is 5.56 Å². The van der Waals surface area contributed by atoms with E-state index in [0.29, 0.717) is 6.54 Å². The third-order valence-corrected chi connectivity index (χ3v) is 3.49. The van der Waals surface area contributed by atoms with Crippen LogP contribution < -0.4 is 16.0 Å². The monoisotopic (exact) mass is 267 g/mol. The summed E-state index contributed by atoms with van der Waals surface area (Å²) in [6, 6.07) is 15.4. The number of carbonyl (C=O) groups excluding carboxylic acids is 1. The zero-order valence-corrected chi connectivity index (χ0v) is 11.2. The number of carbonyl (C=O) groups is 1. The van der Waals surface area contributed by atoms with Crippen LogP contribution in [0.2, 0.25) is 0 Å². The summed E-state index contributed by atoms with van der Waals surface area (Å²) >= 11 is 0. The first-order valence-electron chi connectivity index (χ1n) is 6.70. The van der Waals surface area contributed by atoms with E-state index in [0.717, 1.165) is 30.0 Å². The highest BCUT2D eigenvalue weighted by molar-refractivity contribution is 5.94. The summed E-state index contributed by atoms with van der Waals surface area (Å²) in [5.41, 5.74) is 9.71. The highest BCUT2D eigenvalue weighted by Gasteiger charge is 2.21. The quantitative estimate of drug-likeness (QED) is 0.839. The third kappa shape index (κ3) is 2.59. The molecule has 1 amide bonds. The lowest BCUT2D eigenvalue weighted by Gasteiger charge is -2.19. The molecule has 2 aromatic carbocycles. The van der Waals surface area contributed by atoms with Crippen molar-refractivity contribution < 1.29 is 4.79 Å². The molecule has 3 rings (SSSR count). The summed E-state index contributed by atoms with van der Waals surface area (Å²) < 4.78 is 0. The van der Waals surface area contributed by atoms with E-state index < -0.39 is 0 Å². The highest BCUT2D eigenvalue weighted by atomic mass is 16.2. The molecule has 4 heteroatoms. The van der Waals surface area contributed by atoms with Crippen molar-refractivity contribution in [3.63, 3.8) is 0 Å². The molecule has 0 aromatic heterocycles. The van der Waals surface area contributed by atoms with Gasteiger partial charge in [-0.05, 0) is 36.2 Å². The number of anilines is 3. The van der Waals surface area contributed by atoms with Crippen molar-refractivity contribution in [1.82, 2.24) is 0 Å². The maximum absolute atomic E-state index is 12.1. The van der Waals surface area contributed by atoms with Crippen LogP contribution in [-0.2, 0) is 11.2 Å². The molecule has 4 nitrogen and oxygen atoms in total. The standard InChI is InChI=1S/C16H17N3O/c17-13-7-6-12-8-9-19(15(12)10-13)11-16(20)18-14-4-2-1-3-5-14/h1-7,10H,8-9,11,17H2,(H,18,20). The summed E-state index contributed by atoms with van der Waals surface area (Å²) in [6.07, 6.45) is 0.966. The number of para-hydroxylation sites is 1. The Kier molecular flexibility index (Phi) is 3.29. The van der Waals surface area contributed by atoms with Gasteiger partial charge in [0.2, 0.25) is 5.91 Å². The summed E-state index contributed by atoms with van der Waals surface area (Å²) in [6.45, 7) is 1.21. The van der Waals surface area contributed by atoms with Gasteiger partial charge in [-0.2, -0.15) is 0 Å². The number of fused-ring (bicyclic) bond motifs is 1. The molecule has 0 saturated heterocycles. The maximum Gasteiger partial charge on any atom is 0.243 e. The van der Waals surface area contributed by atoms with Gasteiger partial charge in [0.25, 0.3) is 0 Å². The first-order chi connectivity index (χ1) is 9.72. The van der Waals surface area contributed by atoms with Crippen LogP contribution in [0.3, 0.4) is 0 Å². The van der Waals surface area contributed by atoms with E-state index in [4.69, 9.17) is 5.73 Å². The number of nitrogens with zero attached hydrogens (tertiary/aromatic N) is 1. The summed E-state index contributed by atoms with van der Waals surface area (Å²) in [7, 11) is 0. The topological polar surface area (TPSA) is 58.4 Å². The van der Waals surface area contributed by atoms with Gasteiger partial charge in [0.05, 0.1) is 6.54 Å². The Morgan fingerprint density at radius 3 is 2.80 bits per heavy atom. The minimum absolute atomic E-state index is 0.00789. The average molecular weight is 267 g/mol. The lowest BCUT2D eigenvalue weighted by Crippen LogP contribution is -2.31. The number of nitrogens with one attached hydrogen (secondary N) is 1. The van der Waals surface area contributed by atoms with Crippen molar-refractivity contribution in [3.8, 4) is 0 Å². The molecule has 1 aliphatic heterocycles. The Morgan fingerprint density at radius 2 is 2.00 bits per heavy atom. The van der Waals surface area contributed by atoms with Crippen LogP contribution in [0.1, 0.15) is 5.56 Å². The Hall–Kier alpha value is -2.49. The van der Waals surface area contributed by atoms with Crippen LogP contribution >= 0.6 is 0 Å². The zero-order valence-electron chi connectivity index (χ0n) is 11.2. The Morgan fingerprint density at radius 1 is 1.20 bits per heavy atom. The van der Waals surface area contributed by atoms with Crippen molar-refractivity contribution in [2.75, 3.05) is 29.0 Å². The number of nitrogens with two attached hydrogens (primary N) is 1. The number of hydrogen-bond acceptors (Lipinski definition) is 3. The van der Waals surface area contributed by atoms with E-state index in [9.17, 15) is 4.79 Å². The van der Waals surface area contributed by atoms with Gasteiger partial charge in [0.1, 0.15) is 0 Å². The number of hydrogen-bond donors (Lipinski definition) is 2. The fraction of sp³-hybridized carbons (Fsp3) is 0.188. The van der Waals surface area contributed by atoms with Crippen molar-refractivity contribution >= 4 is 23.0 Å². The second kappa shape index (κ2) is 5.25. The largest absolute Gasteiger partial charge is 0.399 e. The fourth-order valence-corrected chi connectivity index (χ4v) is 2.52. The molecular formula is C16H17N3O. The molecule has 2 aromatic rings. The molecule has 0 aliphatic carbocycles. The molecule has 0 saturated carbocycles. The van der Waals surface area contributed by atoms with Gasteiger partial charge in [-0.25, -0.2) is 0 Å². The van der Waals surface area contributed by atoms with Crippen molar-refractivity contribution in [3.05, 3.63) is 54.1 Å². The molecule has 20 heavy (non-hydrogen) atoms. The molecule has 0 atom stereocenters. The van der Waals surface area contributed by atoms with Crippen LogP contribution in [0, 0.1) is 0 Å². The molecule has 3 N–H and O–H groups in total. The Balaban J connectivity index is 1.68. The second-order valence-electron chi connectivity index (χ2n) is 4.97. The first kappa shape index (κ1) is 12.5. The molecule has 0 fully saturated rings. The average Bonchev–Trinajstić information content (AvgIpc) is 2.82. The molecule has 102 valence electrons. The third-order valence-electron chi connectivity index (χ3n) is 3.49. The van der Waals surface area contributed by atoms with Gasteiger partial charge < -0.3 is 16.0 Å². The van der Waals surface area contributed by atoms with Crippen molar-refractivity contribution in [2.24, 2.45) is 0 Å². The van der Waals surface area contributed by atoms with Crippen LogP contribution in [0.4, 0.5) is 17.1 Å². The maximum atomic E-state index is 12.1. The highest BCUT2D eigenvalue weighted by Crippen LogP contribution is 2.29. The molecule has 0 radical (unpaired) electrons. The summed E-state index contributed by atoms with van der Waals surface area (Å²) in [4.78, 5) is 14.2. The smallest absolute Gasteiger partial charge is 0.243 e. The van der Waals surface area contributed by atoms with Gasteiger partial charge in [0, 0.05) is 23.6 Å². The van der Waals surface area contributed by atoms with E-state index in [2.05, 4.69) is 10.2 Å². The fourth-order valence-electron chi connectivity index (χ4n) is 2.52. The molecule has 0 bridgehead atoms. The van der Waals surface area contributed by atoms with Gasteiger partial charge in [-0.15, -0.1) is 0 Å². The zero-order chi connectivity index (χ0) is 13.9. The van der Waals surface area contributed by atoms with Gasteiger partial charge in [0.15, 0.2) is 0 Å². The van der Waals surface area contributed by atoms with E-state index in [-0.39, 0.29) is 5.91 Å². The number of rotatable bonds is 3. The van der Waals surface area contributed by atoms with Gasteiger partial charge >= 0.3 is 0 Å². The minimum Gasteiger partial charge on any atom is -0.399 e. The normalized spacial score (nSPS) is 13.1. The number of amides is 1. The first-order valence-corrected chi connectivity index (χ1v) is 6.70. The number of nitrogen functional groups attached to an aromatic ring is 1. The van der Waals surface area contributed by atoms with Gasteiger partial charge in [-0.3, -0.25) is 4.79 Å². The van der Waals surface area contributed by atoms with Crippen LogP contribution in [0.25, 0.3) is 0 Å². The van der Waals surface area contributed by atoms with Crippen molar-refractivity contribution in [2.45, 2.75) is 6.42 Å². The molecule has 0 unspecified atom stereocenters. The van der Waals surface area contributed by atoms with E-state index in [1.807, 2.05) is 48.5 Å². The van der Waals surface area contributed by atoms with Crippen LogP contribution in [0.15, 0.2) is 48.5 Å². The lowest BCUT2D eigenvalue weighted by atomic mass is 10.1. The number of benzene rings is 2. The van der Waals surface area contributed by atoms with Gasteiger partial charge in [-0.1, -0.05) is 24.3 Å². The van der Waals surface area contributed by atoms with Crippen LogP contribution in [0.5, 0.6) is 0 Å². The van der Waals surface area contributed by atoms with E-state index >= 15 is 0 Å². The molecular weight excluding hydrogens is 250 g/mol. The SMILES string of the molecule is Nc1ccc2c(c1)N(CC(=O)Nc1ccccc1)CC2. The minimum atomic E-state index is -0.00789. The lowest BCUT2D eigenvalue weighted by molar-refractivity contribution is -0.115. The molecule has 1 aliphatic rings. The Labute approximate surface area is 118 Å². The Bertz CT molecular complexity index is 625. The van der Waals surface area contributed by atoms with Crippen molar-refractivity contribution in [1.29, 1.82) is 0 Å². The van der Waals surface area contributed by atoms with E-state index in [1.54, 1.807) is 0 Å². The molecule has 0 spiro atoms. The predicted molar refractivity (Wildman–Crippen MR) is 81.8 cm³/mol. The second-order valence-corrected chi connectivity index (χ2v) is 4.97. The van der Waals surface area contributed by atoms with Crippen LogP contribution in [-0.4, -0.2) is 19.0 Å². The summed E-state index contributed by atoms with van der Waals surface area (Å²) in [5.74, 6) is -0.00789. The predicted octanol–water partition coefficient (Wildman–Crippen LogP) is 2.27.